The summed E-state index contributed by atoms with van der Waals surface area (Å²) >= 11 is 0. The van der Waals surface area contributed by atoms with Crippen LogP contribution < -0.4 is 4.72 Å². The monoisotopic (exact) mass is 362 g/mol. The molecule has 0 spiro atoms. The second-order valence-corrected chi connectivity index (χ2v) is 7.71. The number of hydrogen-bond acceptors (Lipinski definition) is 4. The molecule has 0 unspecified atom stereocenters. The maximum absolute atomic E-state index is 12.6. The number of nitrogens with one attached hydrogen (secondary N) is 1. The van der Waals surface area contributed by atoms with Crippen LogP contribution in [0.2, 0.25) is 0 Å². The van der Waals surface area contributed by atoms with Crippen molar-refractivity contribution in [2.45, 2.75) is 24.0 Å². The number of aryl methyl sites for hydroxylation is 1. The van der Waals surface area contributed by atoms with Gasteiger partial charge in [0.15, 0.2) is 0 Å². The normalized spacial score (nSPS) is 13.9. The van der Waals surface area contributed by atoms with Crippen LogP contribution in [0.15, 0.2) is 59.5 Å². The van der Waals surface area contributed by atoms with Crippen LogP contribution in [0.25, 0.3) is 0 Å². The van der Waals surface area contributed by atoms with Gasteiger partial charge in [-0.25, -0.2) is 8.42 Å². The number of rotatable bonds is 6. The van der Waals surface area contributed by atoms with Crippen LogP contribution in [-0.2, 0) is 14.8 Å². The van der Waals surface area contributed by atoms with Crippen LogP contribution in [0.3, 0.4) is 0 Å². The molecule has 0 aliphatic heterocycles. The van der Waals surface area contributed by atoms with E-state index < -0.39 is 28.1 Å². The minimum absolute atomic E-state index is 0.0370. The second-order valence-electron chi connectivity index (χ2n) is 6.00. The van der Waals surface area contributed by atoms with Gasteiger partial charge in [0.05, 0.1) is 4.90 Å². The molecule has 0 saturated heterocycles. The maximum atomic E-state index is 12.6. The fraction of sp³-hybridized carbons (Fsp3) is 0.278. The van der Waals surface area contributed by atoms with E-state index in [1.807, 2.05) is 6.92 Å². The molecule has 0 heterocycles. The van der Waals surface area contributed by atoms with E-state index in [2.05, 4.69) is 4.72 Å². The molecule has 0 aromatic heterocycles. The van der Waals surface area contributed by atoms with Gasteiger partial charge in [-0.1, -0.05) is 48.0 Å². The molecule has 0 aliphatic carbocycles. The summed E-state index contributed by atoms with van der Waals surface area (Å²) in [6, 6.07) is 13.4. The van der Waals surface area contributed by atoms with Gasteiger partial charge in [-0.3, -0.25) is 4.79 Å². The first kappa shape index (κ1) is 19.1. The van der Waals surface area contributed by atoms with Crippen molar-refractivity contribution in [1.29, 1.82) is 0 Å². The average molecular weight is 362 g/mol. The Morgan fingerprint density at radius 3 is 2.12 bits per heavy atom. The molecule has 134 valence electrons. The lowest BCUT2D eigenvalue weighted by atomic mass is 10.0. The second kappa shape index (κ2) is 7.77. The lowest BCUT2D eigenvalue weighted by molar-refractivity contribution is -0.133. The fourth-order valence-electron chi connectivity index (χ4n) is 2.32. The van der Waals surface area contributed by atoms with E-state index in [9.17, 15) is 18.3 Å². The molecule has 1 amide bonds. The van der Waals surface area contributed by atoms with Gasteiger partial charge >= 0.3 is 0 Å². The van der Waals surface area contributed by atoms with Crippen LogP contribution in [0.5, 0.6) is 0 Å². The third kappa shape index (κ3) is 4.66. The highest BCUT2D eigenvalue weighted by atomic mass is 32.2. The first-order valence-corrected chi connectivity index (χ1v) is 9.24. The van der Waals surface area contributed by atoms with Crippen LogP contribution >= 0.6 is 0 Å². The summed E-state index contributed by atoms with van der Waals surface area (Å²) in [5.41, 5.74) is 1.37. The summed E-state index contributed by atoms with van der Waals surface area (Å²) in [5.74, 6) is -0.535. The van der Waals surface area contributed by atoms with E-state index >= 15 is 0 Å². The van der Waals surface area contributed by atoms with E-state index in [-0.39, 0.29) is 4.90 Å². The summed E-state index contributed by atoms with van der Waals surface area (Å²) in [6.07, 6.45) is -1.31. The number of carbonyl (C=O) groups excluding carboxylic acids is 1. The Bertz CT molecular complexity index is 818. The quantitative estimate of drug-likeness (QED) is 0.815. The van der Waals surface area contributed by atoms with E-state index in [1.54, 1.807) is 42.5 Å². The predicted molar refractivity (Wildman–Crippen MR) is 95.4 cm³/mol. The molecule has 7 heteroatoms. The number of benzene rings is 2. The molecule has 2 aromatic rings. The Labute approximate surface area is 148 Å². The molecule has 2 aromatic carbocycles. The summed E-state index contributed by atoms with van der Waals surface area (Å²) < 4.78 is 27.6. The summed E-state index contributed by atoms with van der Waals surface area (Å²) in [5, 5.41) is 10.6. The molecule has 0 aliphatic rings. The number of aliphatic hydroxyl groups excluding tert-OH is 1. The number of nitrogens with zero attached hydrogens (tertiary/aromatic N) is 1. The molecule has 0 bridgehead atoms. The predicted octanol–water partition coefficient (Wildman–Crippen LogP) is 1.46. The number of likely N-dealkylation sites (N-methyl/N-ethyl adjacent to an activating group) is 1. The Morgan fingerprint density at radius 1 is 1.04 bits per heavy atom. The lowest BCUT2D eigenvalue weighted by Gasteiger charge is -2.26. The largest absolute Gasteiger partial charge is 0.386 e. The highest BCUT2D eigenvalue weighted by Crippen LogP contribution is 2.20. The van der Waals surface area contributed by atoms with Gasteiger partial charge < -0.3 is 10.0 Å². The first-order chi connectivity index (χ1) is 11.7. The molecule has 2 rings (SSSR count). The van der Waals surface area contributed by atoms with Crippen molar-refractivity contribution < 1.29 is 18.3 Å². The van der Waals surface area contributed by atoms with Crippen molar-refractivity contribution in [3.8, 4) is 0 Å². The molecule has 2 atom stereocenters. The Balaban J connectivity index is 2.36. The Morgan fingerprint density at radius 2 is 1.60 bits per heavy atom. The Kier molecular flexibility index (Phi) is 5.94. The number of hydrogen-bond donors (Lipinski definition) is 2. The molecular formula is C18H22N2O4S. The van der Waals surface area contributed by atoms with Gasteiger partial charge in [0.2, 0.25) is 15.9 Å². The summed E-state index contributed by atoms with van der Waals surface area (Å²) in [7, 11) is -0.951. The van der Waals surface area contributed by atoms with Crippen LogP contribution in [0, 0.1) is 6.92 Å². The number of carbonyl (C=O) groups is 1. The molecule has 25 heavy (non-hydrogen) atoms. The topological polar surface area (TPSA) is 86.7 Å². The van der Waals surface area contributed by atoms with Crippen molar-refractivity contribution in [3.05, 3.63) is 65.7 Å². The standard InChI is InChI=1S/C18H22N2O4S/c1-13-9-11-15(12-10-13)25(23,24)19-16(18(22)20(2)3)17(21)14-7-5-4-6-8-14/h4-12,16-17,19,21H,1-3H3/t16-,17+/m1/s1. The number of aliphatic hydroxyl groups is 1. The van der Waals surface area contributed by atoms with Gasteiger partial charge in [0.25, 0.3) is 0 Å². The smallest absolute Gasteiger partial charge is 0.243 e. The molecule has 0 saturated carbocycles. The third-order valence-electron chi connectivity index (χ3n) is 3.78. The van der Waals surface area contributed by atoms with Gasteiger partial charge in [-0.05, 0) is 24.6 Å². The first-order valence-electron chi connectivity index (χ1n) is 7.75. The van der Waals surface area contributed by atoms with Crippen LogP contribution in [0.1, 0.15) is 17.2 Å². The van der Waals surface area contributed by atoms with Crippen LogP contribution in [-0.4, -0.2) is 44.5 Å². The summed E-state index contributed by atoms with van der Waals surface area (Å²) in [6.45, 7) is 1.85. The van der Waals surface area contributed by atoms with Crippen molar-refractivity contribution in [3.63, 3.8) is 0 Å². The van der Waals surface area contributed by atoms with Crippen molar-refractivity contribution >= 4 is 15.9 Å². The highest BCUT2D eigenvalue weighted by Gasteiger charge is 2.33. The van der Waals surface area contributed by atoms with Crippen LogP contribution in [0.4, 0.5) is 0 Å². The lowest BCUT2D eigenvalue weighted by Crippen LogP contribution is -2.49. The fourth-order valence-corrected chi connectivity index (χ4v) is 3.52. The number of sulfonamides is 1. The zero-order chi connectivity index (χ0) is 18.6. The van der Waals surface area contributed by atoms with Crippen molar-refractivity contribution in [2.75, 3.05) is 14.1 Å². The molecule has 0 radical (unpaired) electrons. The molecule has 2 N–H and O–H groups in total. The van der Waals surface area contributed by atoms with E-state index in [0.29, 0.717) is 5.56 Å². The highest BCUT2D eigenvalue weighted by molar-refractivity contribution is 7.89. The van der Waals surface area contributed by atoms with Gasteiger partial charge in [-0.15, -0.1) is 0 Å². The van der Waals surface area contributed by atoms with Gasteiger partial charge in [-0.2, -0.15) is 4.72 Å². The van der Waals surface area contributed by atoms with Crippen molar-refractivity contribution in [1.82, 2.24) is 9.62 Å². The third-order valence-corrected chi connectivity index (χ3v) is 5.23. The minimum atomic E-state index is -3.97. The van der Waals surface area contributed by atoms with E-state index in [0.717, 1.165) is 5.56 Å². The SMILES string of the molecule is Cc1ccc(S(=O)(=O)N[C@@H](C(=O)N(C)C)[C@@H](O)c2ccccc2)cc1. The van der Waals surface area contributed by atoms with E-state index in [1.165, 1.54) is 31.1 Å². The molecular weight excluding hydrogens is 340 g/mol. The number of amides is 1. The Hall–Kier alpha value is -2.22. The van der Waals surface area contributed by atoms with Gasteiger partial charge in [0, 0.05) is 14.1 Å². The minimum Gasteiger partial charge on any atom is -0.386 e. The molecule has 0 fully saturated rings. The van der Waals surface area contributed by atoms with E-state index in [4.69, 9.17) is 0 Å². The van der Waals surface area contributed by atoms with Crippen molar-refractivity contribution in [2.24, 2.45) is 0 Å². The average Bonchev–Trinajstić information content (AvgIpc) is 2.59. The summed E-state index contributed by atoms with van der Waals surface area (Å²) in [4.78, 5) is 13.7. The zero-order valence-corrected chi connectivity index (χ0v) is 15.2. The van der Waals surface area contributed by atoms with Gasteiger partial charge in [0.1, 0.15) is 12.1 Å². The molecule has 6 nitrogen and oxygen atoms in total. The maximum Gasteiger partial charge on any atom is 0.243 e. The zero-order valence-electron chi connectivity index (χ0n) is 14.4.